The SMILES string of the molecule is Brc1ccc(-c2nc3ncccn3c2CN2CC3CCC2CN3)cc1. The van der Waals surface area contributed by atoms with Crippen LogP contribution in [0.15, 0.2) is 47.2 Å². The van der Waals surface area contributed by atoms with Crippen molar-refractivity contribution in [2.75, 3.05) is 13.1 Å². The summed E-state index contributed by atoms with van der Waals surface area (Å²) < 4.78 is 3.23. The van der Waals surface area contributed by atoms with Gasteiger partial charge in [-0.05, 0) is 31.0 Å². The van der Waals surface area contributed by atoms with Crippen LogP contribution in [0.2, 0.25) is 0 Å². The number of piperazine rings is 1. The lowest BCUT2D eigenvalue weighted by atomic mass is 9.93. The Labute approximate surface area is 155 Å². The molecule has 25 heavy (non-hydrogen) atoms. The van der Waals surface area contributed by atoms with Gasteiger partial charge in [0.2, 0.25) is 5.78 Å². The molecule has 3 saturated heterocycles. The van der Waals surface area contributed by atoms with Gasteiger partial charge in [0.15, 0.2) is 0 Å². The van der Waals surface area contributed by atoms with Gasteiger partial charge in [0.25, 0.3) is 0 Å². The Morgan fingerprint density at radius 3 is 2.80 bits per heavy atom. The molecular weight excluding hydrogens is 378 g/mol. The minimum absolute atomic E-state index is 0.630. The number of halogens is 1. The quantitative estimate of drug-likeness (QED) is 0.737. The molecule has 3 aliphatic rings. The van der Waals surface area contributed by atoms with E-state index < -0.39 is 0 Å². The van der Waals surface area contributed by atoms with Gasteiger partial charge >= 0.3 is 0 Å². The largest absolute Gasteiger partial charge is 0.311 e. The second kappa shape index (κ2) is 6.20. The Morgan fingerprint density at radius 2 is 2.08 bits per heavy atom. The number of fused-ring (bicyclic) bond motifs is 4. The molecule has 3 aliphatic heterocycles. The molecule has 1 N–H and O–H groups in total. The molecule has 0 radical (unpaired) electrons. The van der Waals surface area contributed by atoms with E-state index in [4.69, 9.17) is 4.98 Å². The molecule has 2 bridgehead atoms. The van der Waals surface area contributed by atoms with Crippen molar-refractivity contribution in [3.63, 3.8) is 0 Å². The number of hydrogen-bond acceptors (Lipinski definition) is 4. The lowest BCUT2D eigenvalue weighted by Gasteiger charge is -2.46. The van der Waals surface area contributed by atoms with E-state index in [9.17, 15) is 0 Å². The van der Waals surface area contributed by atoms with E-state index in [1.807, 2.05) is 12.3 Å². The predicted octanol–water partition coefficient (Wildman–Crippen LogP) is 3.10. The van der Waals surface area contributed by atoms with Crippen LogP contribution in [0.5, 0.6) is 0 Å². The van der Waals surface area contributed by atoms with Gasteiger partial charge in [-0.1, -0.05) is 28.1 Å². The number of piperidine rings is 2. The molecule has 5 nitrogen and oxygen atoms in total. The second-order valence-electron chi connectivity index (χ2n) is 6.97. The first kappa shape index (κ1) is 15.5. The molecule has 2 unspecified atom stereocenters. The van der Waals surface area contributed by atoms with Gasteiger partial charge in [0, 0.05) is 54.1 Å². The number of imidazole rings is 1. The zero-order chi connectivity index (χ0) is 16.8. The molecule has 3 fully saturated rings. The summed E-state index contributed by atoms with van der Waals surface area (Å²) in [6.07, 6.45) is 6.48. The highest BCUT2D eigenvalue weighted by Gasteiger charge is 2.34. The molecule has 128 valence electrons. The highest BCUT2D eigenvalue weighted by Crippen LogP contribution is 2.29. The fraction of sp³-hybridized carbons (Fsp3) is 0.368. The van der Waals surface area contributed by atoms with Gasteiger partial charge in [-0.25, -0.2) is 9.97 Å². The number of aromatic nitrogens is 3. The van der Waals surface area contributed by atoms with Gasteiger partial charge in [-0.15, -0.1) is 0 Å². The summed E-state index contributed by atoms with van der Waals surface area (Å²) in [6, 6.07) is 11.6. The van der Waals surface area contributed by atoms with Crippen molar-refractivity contribution in [3.8, 4) is 11.3 Å². The number of hydrogen-bond donors (Lipinski definition) is 1. The summed E-state index contributed by atoms with van der Waals surface area (Å²) in [4.78, 5) is 11.9. The number of benzene rings is 1. The summed E-state index contributed by atoms with van der Waals surface area (Å²) in [6.45, 7) is 3.15. The van der Waals surface area contributed by atoms with E-state index in [1.54, 1.807) is 0 Å². The first-order chi connectivity index (χ1) is 12.3. The fourth-order valence-corrected chi connectivity index (χ4v) is 4.38. The Balaban J connectivity index is 1.58. The average molecular weight is 398 g/mol. The van der Waals surface area contributed by atoms with Crippen molar-refractivity contribution >= 4 is 21.7 Å². The normalized spacial score (nSPS) is 23.4. The summed E-state index contributed by atoms with van der Waals surface area (Å²) in [5.41, 5.74) is 3.42. The number of rotatable bonds is 3. The Bertz CT molecular complexity index is 896. The first-order valence-electron chi connectivity index (χ1n) is 8.83. The molecule has 0 amide bonds. The molecule has 5 heterocycles. The topological polar surface area (TPSA) is 45.5 Å². The smallest absolute Gasteiger partial charge is 0.234 e. The molecule has 0 aliphatic carbocycles. The molecule has 2 aromatic heterocycles. The molecule has 6 rings (SSSR count). The van der Waals surface area contributed by atoms with E-state index in [1.165, 1.54) is 18.5 Å². The van der Waals surface area contributed by atoms with Crippen molar-refractivity contribution in [2.24, 2.45) is 0 Å². The maximum Gasteiger partial charge on any atom is 0.234 e. The monoisotopic (exact) mass is 397 g/mol. The third-order valence-corrected chi connectivity index (χ3v) is 5.96. The van der Waals surface area contributed by atoms with Crippen LogP contribution in [-0.2, 0) is 6.54 Å². The van der Waals surface area contributed by atoms with E-state index in [0.717, 1.165) is 41.1 Å². The van der Waals surface area contributed by atoms with Crippen molar-refractivity contribution in [1.82, 2.24) is 24.6 Å². The molecule has 6 heteroatoms. The highest BCUT2D eigenvalue weighted by molar-refractivity contribution is 9.10. The number of nitrogens with one attached hydrogen (secondary N) is 1. The average Bonchev–Trinajstić information content (AvgIpc) is 3.02. The molecule has 3 aromatic rings. The van der Waals surface area contributed by atoms with Gasteiger partial charge in [0.05, 0.1) is 11.4 Å². The van der Waals surface area contributed by atoms with Crippen LogP contribution in [0, 0.1) is 0 Å². The van der Waals surface area contributed by atoms with Gasteiger partial charge in [-0.2, -0.15) is 0 Å². The third-order valence-electron chi connectivity index (χ3n) is 5.43. The minimum atomic E-state index is 0.630. The van der Waals surface area contributed by atoms with Crippen LogP contribution in [0.3, 0.4) is 0 Å². The van der Waals surface area contributed by atoms with E-state index >= 15 is 0 Å². The standard InChI is InChI=1S/C19H20BrN5/c20-14-4-2-13(3-5-14)18-17(25-9-1-8-21-19(25)23-18)12-24-11-15-6-7-16(24)10-22-15/h1-5,8-9,15-16,22H,6-7,10-12H2. The van der Waals surface area contributed by atoms with Crippen molar-refractivity contribution in [2.45, 2.75) is 31.5 Å². The Kier molecular flexibility index (Phi) is 3.84. The maximum atomic E-state index is 4.83. The van der Waals surface area contributed by atoms with Gasteiger partial charge in [0.1, 0.15) is 0 Å². The fourth-order valence-electron chi connectivity index (χ4n) is 4.11. The lowest BCUT2D eigenvalue weighted by Crippen LogP contribution is -2.60. The molecule has 0 saturated carbocycles. The van der Waals surface area contributed by atoms with Crippen LogP contribution in [-0.4, -0.2) is 44.4 Å². The Hall–Kier alpha value is -1.76. The van der Waals surface area contributed by atoms with Crippen LogP contribution < -0.4 is 5.32 Å². The molecular formula is C19H20BrN5. The maximum absolute atomic E-state index is 4.83. The zero-order valence-electron chi connectivity index (χ0n) is 13.9. The first-order valence-corrected chi connectivity index (χ1v) is 9.62. The Morgan fingerprint density at radius 1 is 1.20 bits per heavy atom. The van der Waals surface area contributed by atoms with E-state index in [-0.39, 0.29) is 0 Å². The van der Waals surface area contributed by atoms with Crippen LogP contribution in [0.1, 0.15) is 18.5 Å². The molecule has 1 aromatic carbocycles. The van der Waals surface area contributed by atoms with Crippen molar-refractivity contribution in [3.05, 3.63) is 52.9 Å². The summed E-state index contributed by atoms with van der Waals surface area (Å²) in [5.74, 6) is 0.774. The second-order valence-corrected chi connectivity index (χ2v) is 7.89. The van der Waals surface area contributed by atoms with Gasteiger partial charge < -0.3 is 5.32 Å². The predicted molar refractivity (Wildman–Crippen MR) is 101 cm³/mol. The van der Waals surface area contributed by atoms with E-state index in [0.29, 0.717) is 12.1 Å². The lowest BCUT2D eigenvalue weighted by molar-refractivity contribution is 0.0674. The minimum Gasteiger partial charge on any atom is -0.311 e. The summed E-state index contributed by atoms with van der Waals surface area (Å²) >= 11 is 3.52. The molecule has 2 atom stereocenters. The van der Waals surface area contributed by atoms with Crippen LogP contribution in [0.4, 0.5) is 0 Å². The van der Waals surface area contributed by atoms with Crippen molar-refractivity contribution < 1.29 is 0 Å². The highest BCUT2D eigenvalue weighted by atomic mass is 79.9. The van der Waals surface area contributed by atoms with Crippen molar-refractivity contribution in [1.29, 1.82) is 0 Å². The molecule has 0 spiro atoms. The van der Waals surface area contributed by atoms with Crippen LogP contribution in [0.25, 0.3) is 17.0 Å². The summed E-state index contributed by atoms with van der Waals surface area (Å²) in [7, 11) is 0. The van der Waals surface area contributed by atoms with Gasteiger partial charge in [-0.3, -0.25) is 9.30 Å². The third kappa shape index (κ3) is 2.78. The summed E-state index contributed by atoms with van der Waals surface area (Å²) in [5, 5.41) is 3.64. The number of nitrogens with zero attached hydrogens (tertiary/aromatic N) is 4. The van der Waals surface area contributed by atoms with E-state index in [2.05, 4.69) is 66.0 Å². The zero-order valence-corrected chi connectivity index (χ0v) is 15.5. The van der Waals surface area contributed by atoms with Crippen LogP contribution >= 0.6 is 15.9 Å².